The van der Waals surface area contributed by atoms with Crippen LogP contribution in [0.15, 0.2) is 35.7 Å². The lowest BCUT2D eigenvalue weighted by Gasteiger charge is -2.19. The first-order valence-corrected chi connectivity index (χ1v) is 10.1. The van der Waals surface area contributed by atoms with Gasteiger partial charge in [-0.3, -0.25) is 24.4 Å². The average Bonchev–Trinajstić information content (AvgIpc) is 3.33. The van der Waals surface area contributed by atoms with Crippen molar-refractivity contribution in [1.29, 1.82) is 0 Å². The Morgan fingerprint density at radius 2 is 2.24 bits per heavy atom. The zero-order valence-corrected chi connectivity index (χ0v) is 16.6. The molecule has 3 heterocycles. The molecule has 2 aromatic heterocycles. The van der Waals surface area contributed by atoms with Crippen LogP contribution in [0.1, 0.15) is 29.3 Å². The Morgan fingerprint density at radius 1 is 1.38 bits per heavy atom. The number of carbonyl (C=O) groups excluding carboxylic acids is 3. The van der Waals surface area contributed by atoms with Crippen molar-refractivity contribution in [3.63, 3.8) is 0 Å². The van der Waals surface area contributed by atoms with Gasteiger partial charge in [0.25, 0.3) is 5.91 Å². The number of piperidine rings is 1. The van der Waals surface area contributed by atoms with Gasteiger partial charge in [0.05, 0.1) is 23.7 Å². The molecule has 1 fully saturated rings. The number of carbonyl (C=O) groups is 3. The summed E-state index contributed by atoms with van der Waals surface area (Å²) >= 11 is 1.58. The van der Waals surface area contributed by atoms with Crippen molar-refractivity contribution < 1.29 is 19.1 Å². The zero-order chi connectivity index (χ0) is 20.4. The van der Waals surface area contributed by atoms with E-state index in [1.54, 1.807) is 35.2 Å². The average molecular weight is 412 g/mol. The smallest absolute Gasteiger partial charge is 0.258 e. The van der Waals surface area contributed by atoms with Crippen molar-refractivity contribution in [1.82, 2.24) is 20.4 Å². The predicted molar refractivity (Wildman–Crippen MR) is 107 cm³/mol. The standard InChI is InChI=1S/C20H20N4O4S/c1-24-16-9-12(28-11-18(26)21-10-13-3-2-8-29-13)4-5-14(16)19(23-24)15-6-7-17(25)22-20(15)27/h2-5,8-9,15H,6-7,10-11H2,1H3,(H,21,26)(H,22,25,27). The molecule has 3 amide bonds. The van der Waals surface area contributed by atoms with E-state index in [4.69, 9.17) is 4.74 Å². The molecule has 1 aromatic carbocycles. The molecule has 1 aliphatic rings. The normalized spacial score (nSPS) is 16.7. The van der Waals surface area contributed by atoms with Crippen LogP contribution in [0, 0.1) is 0 Å². The second-order valence-corrected chi connectivity index (χ2v) is 7.87. The Balaban J connectivity index is 1.44. The maximum Gasteiger partial charge on any atom is 0.258 e. The summed E-state index contributed by atoms with van der Waals surface area (Å²) < 4.78 is 7.30. The summed E-state index contributed by atoms with van der Waals surface area (Å²) in [5, 5.41) is 12.5. The molecule has 4 rings (SSSR count). The summed E-state index contributed by atoms with van der Waals surface area (Å²) in [6, 6.07) is 9.29. The maximum absolute atomic E-state index is 12.2. The van der Waals surface area contributed by atoms with Crippen LogP contribution in [-0.2, 0) is 28.0 Å². The number of rotatable bonds is 6. The zero-order valence-electron chi connectivity index (χ0n) is 15.8. The summed E-state index contributed by atoms with van der Waals surface area (Å²) in [6.07, 6.45) is 0.746. The van der Waals surface area contributed by atoms with Crippen LogP contribution in [0.3, 0.4) is 0 Å². The summed E-state index contributed by atoms with van der Waals surface area (Å²) in [5.41, 5.74) is 1.44. The Labute approximate surface area is 170 Å². The van der Waals surface area contributed by atoms with Crippen LogP contribution in [-0.4, -0.2) is 34.1 Å². The molecule has 1 unspecified atom stereocenters. The molecule has 1 atom stereocenters. The Kier molecular flexibility index (Phi) is 5.30. The lowest BCUT2D eigenvalue weighted by molar-refractivity contribution is -0.134. The van der Waals surface area contributed by atoms with Crippen molar-refractivity contribution in [3.8, 4) is 5.75 Å². The quantitative estimate of drug-likeness (QED) is 0.602. The van der Waals surface area contributed by atoms with Crippen molar-refractivity contribution in [2.45, 2.75) is 25.3 Å². The van der Waals surface area contributed by atoms with Crippen molar-refractivity contribution in [3.05, 3.63) is 46.3 Å². The van der Waals surface area contributed by atoms with Gasteiger partial charge in [0.15, 0.2) is 6.61 Å². The van der Waals surface area contributed by atoms with Crippen LogP contribution in [0.5, 0.6) is 5.75 Å². The molecule has 0 bridgehead atoms. The number of thiophene rings is 1. The van der Waals surface area contributed by atoms with Gasteiger partial charge in [-0.25, -0.2) is 0 Å². The monoisotopic (exact) mass is 412 g/mol. The van der Waals surface area contributed by atoms with Gasteiger partial charge < -0.3 is 10.1 Å². The molecular formula is C20H20N4O4S. The Morgan fingerprint density at radius 3 is 3.00 bits per heavy atom. The largest absolute Gasteiger partial charge is 0.484 e. The lowest BCUT2D eigenvalue weighted by atomic mass is 9.93. The minimum absolute atomic E-state index is 0.0886. The van der Waals surface area contributed by atoms with Crippen molar-refractivity contribution in [2.24, 2.45) is 7.05 Å². The summed E-state index contributed by atoms with van der Waals surface area (Å²) in [5.74, 6) is -0.677. The molecule has 3 aromatic rings. The number of imide groups is 1. The molecule has 0 radical (unpaired) electrons. The van der Waals surface area contributed by atoms with Gasteiger partial charge in [-0.2, -0.15) is 5.10 Å². The number of hydrogen-bond donors (Lipinski definition) is 2. The molecular weight excluding hydrogens is 392 g/mol. The molecule has 1 saturated heterocycles. The van der Waals surface area contributed by atoms with Gasteiger partial charge in [0.1, 0.15) is 5.75 Å². The first-order chi connectivity index (χ1) is 14.0. The second kappa shape index (κ2) is 8.04. The van der Waals surface area contributed by atoms with Gasteiger partial charge in [0, 0.05) is 29.8 Å². The van der Waals surface area contributed by atoms with Crippen molar-refractivity contribution >= 4 is 40.0 Å². The van der Waals surface area contributed by atoms with E-state index in [9.17, 15) is 14.4 Å². The van der Waals surface area contributed by atoms with E-state index in [-0.39, 0.29) is 24.3 Å². The fourth-order valence-electron chi connectivity index (χ4n) is 3.37. The lowest BCUT2D eigenvalue weighted by Crippen LogP contribution is -2.39. The number of nitrogens with zero attached hydrogens (tertiary/aromatic N) is 2. The third kappa shape index (κ3) is 4.14. The van der Waals surface area contributed by atoms with Crippen LogP contribution >= 0.6 is 11.3 Å². The summed E-state index contributed by atoms with van der Waals surface area (Å²) in [4.78, 5) is 36.7. The summed E-state index contributed by atoms with van der Waals surface area (Å²) in [7, 11) is 1.79. The predicted octanol–water partition coefficient (Wildman–Crippen LogP) is 1.85. The summed E-state index contributed by atoms with van der Waals surface area (Å²) in [6.45, 7) is 0.394. The minimum atomic E-state index is -0.453. The third-order valence-electron chi connectivity index (χ3n) is 4.83. The van der Waals surface area contributed by atoms with Crippen LogP contribution < -0.4 is 15.4 Å². The van der Waals surface area contributed by atoms with Crippen LogP contribution in [0.4, 0.5) is 0 Å². The van der Waals surface area contributed by atoms with Crippen LogP contribution in [0.25, 0.3) is 10.9 Å². The molecule has 0 aliphatic carbocycles. The Bertz CT molecular complexity index is 1070. The fraction of sp³-hybridized carbons (Fsp3) is 0.300. The van der Waals surface area contributed by atoms with Crippen molar-refractivity contribution in [2.75, 3.05) is 6.61 Å². The number of aromatic nitrogens is 2. The van der Waals surface area contributed by atoms with E-state index in [2.05, 4.69) is 15.7 Å². The number of nitrogens with one attached hydrogen (secondary N) is 2. The fourth-order valence-corrected chi connectivity index (χ4v) is 4.01. The first-order valence-electron chi connectivity index (χ1n) is 9.23. The first kappa shape index (κ1) is 19.1. The highest BCUT2D eigenvalue weighted by Crippen LogP contribution is 2.31. The van der Waals surface area contributed by atoms with E-state index < -0.39 is 5.92 Å². The van der Waals surface area contributed by atoms with Gasteiger partial charge in [0.2, 0.25) is 11.8 Å². The second-order valence-electron chi connectivity index (χ2n) is 6.84. The van der Waals surface area contributed by atoms with Gasteiger partial charge in [-0.1, -0.05) is 6.07 Å². The van der Waals surface area contributed by atoms with E-state index in [0.29, 0.717) is 30.8 Å². The topological polar surface area (TPSA) is 102 Å². The van der Waals surface area contributed by atoms with Gasteiger partial charge >= 0.3 is 0 Å². The Hall–Kier alpha value is -3.20. The number of amides is 3. The highest BCUT2D eigenvalue weighted by molar-refractivity contribution is 7.09. The molecule has 9 heteroatoms. The SMILES string of the molecule is Cn1nc(C2CCC(=O)NC2=O)c2ccc(OCC(=O)NCc3cccs3)cc21. The number of aryl methyl sites for hydroxylation is 1. The van der Waals surface area contributed by atoms with E-state index >= 15 is 0 Å². The number of hydrogen-bond acceptors (Lipinski definition) is 6. The number of benzene rings is 1. The highest BCUT2D eigenvalue weighted by atomic mass is 32.1. The molecule has 0 spiro atoms. The molecule has 1 aliphatic heterocycles. The molecule has 150 valence electrons. The van der Waals surface area contributed by atoms with E-state index in [1.165, 1.54) is 0 Å². The molecule has 0 saturated carbocycles. The highest BCUT2D eigenvalue weighted by Gasteiger charge is 2.31. The van der Waals surface area contributed by atoms with E-state index in [0.717, 1.165) is 15.8 Å². The molecule has 29 heavy (non-hydrogen) atoms. The van der Waals surface area contributed by atoms with E-state index in [1.807, 2.05) is 23.6 Å². The van der Waals surface area contributed by atoms with Crippen LogP contribution in [0.2, 0.25) is 0 Å². The maximum atomic E-state index is 12.2. The number of ether oxygens (including phenoxy) is 1. The molecule has 2 N–H and O–H groups in total. The van der Waals surface area contributed by atoms with Gasteiger partial charge in [-0.15, -0.1) is 11.3 Å². The van der Waals surface area contributed by atoms with Gasteiger partial charge in [-0.05, 0) is 30.0 Å². The third-order valence-corrected chi connectivity index (χ3v) is 5.71. The molecule has 8 nitrogen and oxygen atoms in total. The minimum Gasteiger partial charge on any atom is -0.484 e. The number of fused-ring (bicyclic) bond motifs is 1.